The smallest absolute Gasteiger partial charge is 0.323 e. The third kappa shape index (κ3) is 9.71. The number of fused-ring (bicyclic) bond motifs is 2. The summed E-state index contributed by atoms with van der Waals surface area (Å²) in [5.74, 6) is 0.547. The Bertz CT molecular complexity index is 1490. The second kappa shape index (κ2) is 15.7. The van der Waals surface area contributed by atoms with Crippen LogP contribution in [0.4, 0.5) is 0 Å². The fourth-order valence-electron chi connectivity index (χ4n) is 5.59. The molecule has 4 rings (SSSR count). The van der Waals surface area contributed by atoms with Crippen LogP contribution in [-0.2, 0) is 31.3 Å². The number of hydrogen-bond acceptors (Lipinski definition) is 3. The van der Waals surface area contributed by atoms with Crippen molar-refractivity contribution in [1.82, 2.24) is 0 Å². The topological polar surface area (TPSA) is 55.6 Å². The molecule has 1 atom stereocenters. The summed E-state index contributed by atoms with van der Waals surface area (Å²) in [5.41, 5.74) is 6.27. The Hall–Kier alpha value is -2.62. The number of hydrogen-bond donors (Lipinski definition) is 1. The van der Waals surface area contributed by atoms with Gasteiger partial charge in [0.2, 0.25) is 0 Å². The Morgan fingerprint density at radius 1 is 0.976 bits per heavy atom. The van der Waals surface area contributed by atoms with Crippen molar-refractivity contribution in [2.45, 2.75) is 100 Å². The molecule has 2 aromatic carbocycles. The fourth-order valence-corrected chi connectivity index (χ4v) is 5.59. The quantitative estimate of drug-likeness (QED) is 0.104. The van der Waals surface area contributed by atoms with Crippen LogP contribution < -0.4 is 9.73 Å². The predicted molar refractivity (Wildman–Crippen MR) is 170 cm³/mol. The minimum Gasteiger partial charge on any atom is -0.512 e. The molecule has 1 aliphatic heterocycles. The molecule has 1 radical (unpaired) electrons. The van der Waals surface area contributed by atoms with Crippen LogP contribution in [0.1, 0.15) is 102 Å². The molecule has 1 aliphatic rings. The molecule has 3 aromatic rings. The molecule has 0 bridgehead atoms. The molecular weight excluding hydrogens is 697 g/mol. The number of aliphatic hydroxyl groups is 1. The van der Waals surface area contributed by atoms with Crippen LogP contribution in [0.25, 0.3) is 10.8 Å². The molecule has 4 nitrogen and oxygen atoms in total. The third-order valence-corrected chi connectivity index (χ3v) is 7.86. The molecule has 5 heteroatoms. The standard InChI is InChI=1S/C24H26N2.C13H24O2.Ir/c1-16-8-17(2)10-20(9-16)22-15-26-14-21-11-18(13-24(3,4)5)6-7-19(21)12-23(26)25-22;1-5-10(6-2)12(14)9-13(15)11(7-3)8-4;/h6-9,11-12,14-15,22H,13H2,1-5H3;9-11,14H,5-8H2,1-4H3;/b;12-9-;. The van der Waals surface area contributed by atoms with Crippen LogP contribution in [0.3, 0.4) is 0 Å². The van der Waals surface area contributed by atoms with E-state index >= 15 is 0 Å². The van der Waals surface area contributed by atoms with E-state index in [1.165, 1.54) is 33.5 Å². The molecule has 1 N–H and O–H groups in total. The van der Waals surface area contributed by atoms with Crippen molar-refractivity contribution < 1.29 is 34.2 Å². The van der Waals surface area contributed by atoms with Crippen LogP contribution in [0, 0.1) is 43.4 Å². The van der Waals surface area contributed by atoms with E-state index in [1.54, 1.807) is 0 Å². The summed E-state index contributed by atoms with van der Waals surface area (Å²) in [4.78, 5) is 16.6. The molecule has 0 fully saturated rings. The number of rotatable bonds is 9. The SMILES string of the molecule is CCC(CC)C(=O)/C=C(\O)C(CC)CC.Cc1[c-]c(C2C=[n+]3cc4cc(CC(C)(C)C)ccc4cc3=N2)cc(C)c1.[Ir]. The van der Waals surface area contributed by atoms with E-state index in [4.69, 9.17) is 4.99 Å². The number of carbonyl (C=O) groups is 1. The van der Waals surface area contributed by atoms with Crippen LogP contribution >= 0.6 is 0 Å². The van der Waals surface area contributed by atoms with E-state index in [0.29, 0.717) is 5.41 Å². The van der Waals surface area contributed by atoms with Crippen molar-refractivity contribution in [3.8, 4) is 0 Å². The summed E-state index contributed by atoms with van der Waals surface area (Å²) in [6.07, 6.45) is 10.4. The number of aryl methyl sites for hydroxylation is 2. The Kier molecular flexibility index (Phi) is 13.3. The van der Waals surface area contributed by atoms with Gasteiger partial charge in [0.15, 0.2) is 11.8 Å². The largest absolute Gasteiger partial charge is 0.512 e. The third-order valence-electron chi connectivity index (χ3n) is 7.86. The molecule has 0 spiro atoms. The first-order chi connectivity index (χ1) is 19.4. The number of nitrogens with zero attached hydrogens (tertiary/aromatic N) is 2. The second-order valence-electron chi connectivity index (χ2n) is 12.8. The molecular formula is C37H50IrN2O2. The van der Waals surface area contributed by atoms with Gasteiger partial charge in [-0.05, 0) is 54.5 Å². The monoisotopic (exact) mass is 747 g/mol. The van der Waals surface area contributed by atoms with Crippen molar-refractivity contribution in [3.63, 3.8) is 0 Å². The first-order valence-electron chi connectivity index (χ1n) is 15.4. The summed E-state index contributed by atoms with van der Waals surface area (Å²) in [7, 11) is 0. The van der Waals surface area contributed by atoms with Gasteiger partial charge < -0.3 is 5.11 Å². The van der Waals surface area contributed by atoms with Gasteiger partial charge in [0.05, 0.1) is 5.76 Å². The van der Waals surface area contributed by atoms with E-state index in [-0.39, 0.29) is 49.5 Å². The summed E-state index contributed by atoms with van der Waals surface area (Å²) in [6, 6.07) is 16.8. The number of ketones is 1. The van der Waals surface area contributed by atoms with Gasteiger partial charge in [-0.3, -0.25) is 4.79 Å². The number of benzene rings is 2. The molecule has 42 heavy (non-hydrogen) atoms. The van der Waals surface area contributed by atoms with E-state index in [0.717, 1.165) is 43.2 Å². The number of pyridine rings is 1. The molecule has 0 aliphatic carbocycles. The van der Waals surface area contributed by atoms with Crippen molar-refractivity contribution >= 4 is 16.6 Å². The maximum absolute atomic E-state index is 11.7. The van der Waals surface area contributed by atoms with Gasteiger partial charge in [-0.2, -0.15) is 29.3 Å². The first kappa shape index (κ1) is 35.6. The normalized spacial score (nSPS) is 14.5. The Morgan fingerprint density at radius 3 is 2.19 bits per heavy atom. The second-order valence-corrected chi connectivity index (χ2v) is 12.8. The Labute approximate surface area is 267 Å². The van der Waals surface area contributed by atoms with E-state index < -0.39 is 0 Å². The zero-order chi connectivity index (χ0) is 30.3. The van der Waals surface area contributed by atoms with Crippen LogP contribution in [0.15, 0.2) is 59.4 Å². The summed E-state index contributed by atoms with van der Waals surface area (Å²) >= 11 is 0. The Morgan fingerprint density at radius 2 is 1.62 bits per heavy atom. The van der Waals surface area contributed by atoms with Gasteiger partial charge in [-0.15, -0.1) is 5.56 Å². The number of allylic oxidation sites excluding steroid dienone is 2. The van der Waals surface area contributed by atoms with Crippen molar-refractivity contribution in [2.24, 2.45) is 22.2 Å². The molecule has 1 unspecified atom stereocenters. The first-order valence-corrected chi connectivity index (χ1v) is 15.4. The zero-order valence-corrected chi connectivity index (χ0v) is 29.4. The minimum atomic E-state index is 0. The van der Waals surface area contributed by atoms with Crippen molar-refractivity contribution in [3.05, 3.63) is 94.5 Å². The van der Waals surface area contributed by atoms with Crippen molar-refractivity contribution in [2.75, 3.05) is 0 Å². The maximum atomic E-state index is 11.7. The van der Waals surface area contributed by atoms with Crippen molar-refractivity contribution in [1.29, 1.82) is 0 Å². The molecule has 2 heterocycles. The number of aliphatic hydroxyl groups excluding tert-OH is 1. The van der Waals surface area contributed by atoms with E-state index in [2.05, 4.69) is 93.7 Å². The average molecular weight is 747 g/mol. The van der Waals surface area contributed by atoms with E-state index in [9.17, 15) is 9.90 Å². The van der Waals surface area contributed by atoms with E-state index in [1.807, 2.05) is 27.7 Å². The zero-order valence-electron chi connectivity index (χ0n) is 27.0. The summed E-state index contributed by atoms with van der Waals surface area (Å²) in [5, 5.41) is 12.3. The molecule has 0 saturated heterocycles. The maximum Gasteiger partial charge on any atom is 0.323 e. The number of carbonyl (C=O) groups excluding carboxylic acids is 1. The molecule has 0 amide bonds. The van der Waals surface area contributed by atoms with Gasteiger partial charge in [0, 0.05) is 49.5 Å². The van der Waals surface area contributed by atoms with Gasteiger partial charge in [0.25, 0.3) is 0 Å². The summed E-state index contributed by atoms with van der Waals surface area (Å²) < 4.78 is 2.17. The number of aromatic nitrogens is 1. The predicted octanol–water partition coefficient (Wildman–Crippen LogP) is 8.38. The molecule has 0 saturated carbocycles. The molecule has 229 valence electrons. The van der Waals surface area contributed by atoms with Gasteiger partial charge in [-0.1, -0.05) is 79.4 Å². The summed E-state index contributed by atoms with van der Waals surface area (Å²) in [6.45, 7) is 19.1. The molecule has 1 aromatic heterocycles. The average Bonchev–Trinajstić information content (AvgIpc) is 3.30. The van der Waals surface area contributed by atoms with Crippen LogP contribution in [0.2, 0.25) is 0 Å². The van der Waals surface area contributed by atoms with Gasteiger partial charge in [-0.25, -0.2) is 4.24 Å². The van der Waals surface area contributed by atoms with Crippen LogP contribution in [-0.4, -0.2) is 10.9 Å². The fraction of sp³-hybridized carbons (Fsp3) is 0.486. The van der Waals surface area contributed by atoms with Crippen LogP contribution in [0.5, 0.6) is 0 Å². The van der Waals surface area contributed by atoms with Gasteiger partial charge in [0.1, 0.15) is 12.4 Å². The minimum absolute atomic E-state index is 0. The van der Waals surface area contributed by atoms with Gasteiger partial charge >= 0.3 is 5.49 Å². The Balaban J connectivity index is 0.000000334.